The Kier molecular flexibility index (Phi) is 6.18. The third kappa shape index (κ3) is 4.26. The van der Waals surface area contributed by atoms with Crippen molar-refractivity contribution in [2.75, 3.05) is 18.0 Å². The van der Waals surface area contributed by atoms with Gasteiger partial charge in [0.2, 0.25) is 0 Å². The lowest BCUT2D eigenvalue weighted by molar-refractivity contribution is -0.108. The van der Waals surface area contributed by atoms with Gasteiger partial charge in [-0.05, 0) is 49.8 Å². The predicted octanol–water partition coefficient (Wildman–Crippen LogP) is 5.21. The van der Waals surface area contributed by atoms with Gasteiger partial charge in [-0.1, -0.05) is 11.6 Å². The van der Waals surface area contributed by atoms with E-state index < -0.39 is 11.6 Å². The van der Waals surface area contributed by atoms with Crippen molar-refractivity contribution in [2.24, 2.45) is 5.92 Å². The largest absolute Gasteiger partial charge is 0.356 e. The molecule has 0 saturated carbocycles. The monoisotopic (exact) mass is 430 g/mol. The lowest BCUT2D eigenvalue weighted by Gasteiger charge is -2.33. The van der Waals surface area contributed by atoms with Crippen LogP contribution in [0.4, 0.5) is 14.6 Å². The molecule has 3 heterocycles. The maximum absolute atomic E-state index is 14.5. The maximum Gasteiger partial charge on any atom is 0.165 e. The smallest absolute Gasteiger partial charge is 0.165 e. The highest BCUT2D eigenvalue weighted by molar-refractivity contribution is 6.30. The van der Waals surface area contributed by atoms with Gasteiger partial charge in [-0.3, -0.25) is 4.98 Å². The van der Waals surface area contributed by atoms with Crippen molar-refractivity contribution < 1.29 is 13.6 Å². The van der Waals surface area contributed by atoms with Crippen LogP contribution in [0, 0.1) is 17.6 Å². The first-order valence-electron chi connectivity index (χ1n) is 10.0. The molecule has 3 aromatic rings. The molecular weight excluding hydrogens is 410 g/mol. The molecule has 8 heteroatoms. The Labute approximate surface area is 178 Å². The first kappa shape index (κ1) is 20.6. The van der Waals surface area contributed by atoms with E-state index in [1.54, 1.807) is 18.5 Å². The van der Waals surface area contributed by atoms with E-state index in [1.165, 1.54) is 0 Å². The molecule has 0 radical (unpaired) electrons. The number of rotatable bonds is 6. The van der Waals surface area contributed by atoms with Crippen LogP contribution in [-0.4, -0.2) is 34.3 Å². The van der Waals surface area contributed by atoms with E-state index >= 15 is 0 Å². The summed E-state index contributed by atoms with van der Waals surface area (Å²) in [5.41, 5.74) is 0.591. The molecule has 5 nitrogen and oxygen atoms in total. The summed E-state index contributed by atoms with van der Waals surface area (Å²) < 4.78 is 28.5. The summed E-state index contributed by atoms with van der Waals surface area (Å²) in [7, 11) is 0. The van der Waals surface area contributed by atoms with Crippen molar-refractivity contribution in [1.29, 1.82) is 0 Å². The Morgan fingerprint density at radius 1 is 1.17 bits per heavy atom. The van der Waals surface area contributed by atoms with E-state index in [0.29, 0.717) is 23.7 Å². The molecule has 30 heavy (non-hydrogen) atoms. The Morgan fingerprint density at radius 2 is 1.97 bits per heavy atom. The summed E-state index contributed by atoms with van der Waals surface area (Å²) in [4.78, 5) is 25.9. The van der Waals surface area contributed by atoms with Crippen LogP contribution in [0.1, 0.15) is 32.1 Å². The molecular formula is C22H21ClF2N4O. The summed E-state index contributed by atoms with van der Waals surface area (Å²) in [5.74, 6) is -0.0254. The van der Waals surface area contributed by atoms with Gasteiger partial charge in [-0.25, -0.2) is 18.7 Å². The van der Waals surface area contributed by atoms with Crippen molar-refractivity contribution in [3.63, 3.8) is 0 Å². The molecule has 0 bridgehead atoms. The molecule has 4 rings (SSSR count). The summed E-state index contributed by atoms with van der Waals surface area (Å²) in [6.45, 7) is 1.59. The Balaban J connectivity index is 1.67. The maximum atomic E-state index is 14.5. The van der Waals surface area contributed by atoms with Gasteiger partial charge in [0.15, 0.2) is 5.82 Å². The number of pyridine rings is 1. The third-order valence-corrected chi connectivity index (χ3v) is 5.87. The van der Waals surface area contributed by atoms with Crippen LogP contribution in [0.15, 0.2) is 30.6 Å². The number of aldehydes is 1. The summed E-state index contributed by atoms with van der Waals surface area (Å²) in [6, 6.07) is 3.71. The van der Waals surface area contributed by atoms with Gasteiger partial charge >= 0.3 is 0 Å². The van der Waals surface area contributed by atoms with E-state index in [0.717, 1.165) is 62.6 Å². The number of anilines is 1. The van der Waals surface area contributed by atoms with Gasteiger partial charge in [0.05, 0.1) is 21.5 Å². The first-order chi connectivity index (χ1) is 14.6. The quantitative estimate of drug-likeness (QED) is 0.305. The van der Waals surface area contributed by atoms with Crippen molar-refractivity contribution in [2.45, 2.75) is 32.1 Å². The van der Waals surface area contributed by atoms with E-state index in [4.69, 9.17) is 11.6 Å². The predicted molar refractivity (Wildman–Crippen MR) is 113 cm³/mol. The molecule has 1 aromatic carbocycles. The molecule has 0 N–H and O–H groups in total. The van der Waals surface area contributed by atoms with Crippen molar-refractivity contribution >= 4 is 34.6 Å². The van der Waals surface area contributed by atoms with E-state index in [9.17, 15) is 13.6 Å². The fourth-order valence-electron chi connectivity index (χ4n) is 3.94. The molecule has 156 valence electrons. The number of carbonyl (C=O) groups excluding carboxylic acids is 1. The Hall–Kier alpha value is -2.67. The number of halogens is 3. The molecule has 2 aromatic heterocycles. The molecule has 1 saturated heterocycles. The van der Waals surface area contributed by atoms with Crippen LogP contribution in [0.25, 0.3) is 22.3 Å². The fraction of sp³-hybridized carbons (Fsp3) is 0.364. The number of nitrogens with zero attached hydrogens (tertiary/aromatic N) is 4. The van der Waals surface area contributed by atoms with Crippen LogP contribution in [-0.2, 0) is 4.79 Å². The average Bonchev–Trinajstić information content (AvgIpc) is 2.76. The van der Waals surface area contributed by atoms with Crippen molar-refractivity contribution in [3.8, 4) is 11.4 Å². The number of hydrogen-bond donors (Lipinski definition) is 0. The molecule has 0 amide bonds. The average molecular weight is 431 g/mol. The third-order valence-electron chi connectivity index (χ3n) is 5.58. The minimum atomic E-state index is -0.718. The zero-order valence-corrected chi connectivity index (χ0v) is 17.1. The Bertz CT molecular complexity index is 1070. The van der Waals surface area contributed by atoms with Crippen LogP contribution >= 0.6 is 11.6 Å². The molecule has 0 unspecified atom stereocenters. The number of carbonyl (C=O) groups is 1. The second-order valence-electron chi connectivity index (χ2n) is 7.54. The molecule has 1 fully saturated rings. The topological polar surface area (TPSA) is 59.0 Å². The van der Waals surface area contributed by atoms with E-state index in [-0.39, 0.29) is 16.4 Å². The zero-order valence-electron chi connectivity index (χ0n) is 16.3. The minimum Gasteiger partial charge on any atom is -0.356 e. The fourth-order valence-corrected chi connectivity index (χ4v) is 4.09. The lowest BCUT2D eigenvalue weighted by atomic mass is 9.91. The first-order valence-corrected chi connectivity index (χ1v) is 10.4. The second kappa shape index (κ2) is 9.00. The summed E-state index contributed by atoms with van der Waals surface area (Å²) in [6.07, 6.45) is 8.82. The number of piperidine rings is 1. The highest BCUT2D eigenvalue weighted by Crippen LogP contribution is 2.33. The van der Waals surface area contributed by atoms with Crippen molar-refractivity contribution in [1.82, 2.24) is 15.0 Å². The summed E-state index contributed by atoms with van der Waals surface area (Å²) >= 11 is 5.69. The van der Waals surface area contributed by atoms with Crippen LogP contribution < -0.4 is 4.90 Å². The van der Waals surface area contributed by atoms with Gasteiger partial charge in [-0.15, -0.1) is 0 Å². The van der Waals surface area contributed by atoms with Crippen molar-refractivity contribution in [3.05, 3.63) is 47.2 Å². The van der Waals surface area contributed by atoms with Gasteiger partial charge in [0, 0.05) is 31.9 Å². The number of fused-ring (bicyclic) bond motifs is 1. The zero-order chi connectivity index (χ0) is 21.1. The number of hydrogen-bond acceptors (Lipinski definition) is 5. The standard InChI is InChI=1S/C22H21ClF2N4O/c23-17-12-18(24)15(11-19(17)25)21-27-20-4-7-26-13-16(20)22(28-21)29-8-5-14(6-9-29)3-1-2-10-30/h4,7,10-14H,1-3,5-6,8-9H2. The number of benzene rings is 1. The second-order valence-corrected chi connectivity index (χ2v) is 7.95. The van der Waals surface area contributed by atoms with Gasteiger partial charge in [0.1, 0.15) is 23.7 Å². The van der Waals surface area contributed by atoms with Gasteiger partial charge in [0.25, 0.3) is 0 Å². The normalized spacial score (nSPS) is 15.0. The lowest BCUT2D eigenvalue weighted by Crippen LogP contribution is -2.34. The molecule has 0 atom stereocenters. The van der Waals surface area contributed by atoms with Gasteiger partial charge in [-0.2, -0.15) is 0 Å². The van der Waals surface area contributed by atoms with Crippen LogP contribution in [0.3, 0.4) is 0 Å². The van der Waals surface area contributed by atoms with Gasteiger partial charge < -0.3 is 9.69 Å². The number of aromatic nitrogens is 3. The van der Waals surface area contributed by atoms with Crippen LogP contribution in [0.2, 0.25) is 5.02 Å². The Morgan fingerprint density at radius 3 is 2.73 bits per heavy atom. The van der Waals surface area contributed by atoms with E-state index in [2.05, 4.69) is 19.9 Å². The minimum absolute atomic E-state index is 0.0272. The highest BCUT2D eigenvalue weighted by atomic mass is 35.5. The summed E-state index contributed by atoms with van der Waals surface area (Å²) in [5, 5.41) is 0.494. The molecule has 1 aliphatic rings. The molecule has 0 aliphatic carbocycles. The SMILES string of the molecule is O=CCCCC1CCN(c2nc(-c3cc(F)c(Cl)cc3F)nc3ccncc23)CC1. The highest BCUT2D eigenvalue weighted by Gasteiger charge is 2.23. The van der Waals surface area contributed by atoms with Crippen LogP contribution in [0.5, 0.6) is 0 Å². The molecule has 1 aliphatic heterocycles. The number of unbranched alkanes of at least 4 members (excludes halogenated alkanes) is 1. The molecule has 0 spiro atoms. The van der Waals surface area contributed by atoms with E-state index in [1.807, 2.05) is 0 Å².